The van der Waals surface area contributed by atoms with Gasteiger partial charge in [0.05, 0.1) is 5.69 Å². The van der Waals surface area contributed by atoms with Gasteiger partial charge in [0.2, 0.25) is 0 Å². The van der Waals surface area contributed by atoms with Crippen LogP contribution in [0.3, 0.4) is 0 Å². The maximum atomic E-state index is 4.51. The van der Waals surface area contributed by atoms with E-state index >= 15 is 0 Å². The molecule has 4 heteroatoms. The summed E-state index contributed by atoms with van der Waals surface area (Å²) >= 11 is 1.68. The molecule has 0 fully saturated rings. The first-order chi connectivity index (χ1) is 6.75. The molecule has 2 aromatic heterocycles. The molecule has 0 radical (unpaired) electrons. The predicted molar refractivity (Wildman–Crippen MR) is 59.9 cm³/mol. The fourth-order valence-corrected chi connectivity index (χ4v) is 2.10. The molecule has 0 aliphatic carbocycles. The Kier molecular flexibility index (Phi) is 2.84. The monoisotopic (exact) mass is 209 g/mol. The number of fused-ring (bicyclic) bond motifs is 1. The molecule has 0 spiro atoms. The van der Waals surface area contributed by atoms with E-state index in [1.54, 1.807) is 11.3 Å². The van der Waals surface area contributed by atoms with Crippen LogP contribution in [0.4, 0.5) is 0 Å². The van der Waals surface area contributed by atoms with Crippen molar-refractivity contribution in [2.75, 3.05) is 6.54 Å². The van der Waals surface area contributed by atoms with Gasteiger partial charge in [-0.2, -0.15) is 0 Å². The van der Waals surface area contributed by atoms with E-state index in [1.165, 1.54) is 5.69 Å². The summed E-state index contributed by atoms with van der Waals surface area (Å²) in [5, 5.41) is 5.44. The summed E-state index contributed by atoms with van der Waals surface area (Å²) in [6.45, 7) is 5.32. The van der Waals surface area contributed by atoms with Crippen molar-refractivity contribution in [2.45, 2.75) is 26.3 Å². The van der Waals surface area contributed by atoms with E-state index in [4.69, 9.17) is 0 Å². The van der Waals surface area contributed by atoms with Crippen molar-refractivity contribution in [2.24, 2.45) is 0 Å². The van der Waals surface area contributed by atoms with Gasteiger partial charge in [0.25, 0.3) is 0 Å². The first-order valence-corrected chi connectivity index (χ1v) is 5.78. The topological polar surface area (TPSA) is 29.3 Å². The number of thiazole rings is 1. The number of nitrogens with one attached hydrogen (secondary N) is 1. The maximum absolute atomic E-state index is 4.51. The summed E-state index contributed by atoms with van der Waals surface area (Å²) in [7, 11) is 0. The van der Waals surface area contributed by atoms with E-state index in [2.05, 4.69) is 40.1 Å². The third-order valence-electron chi connectivity index (χ3n) is 2.08. The lowest BCUT2D eigenvalue weighted by molar-refractivity contribution is 0.588. The molecule has 0 saturated heterocycles. The smallest absolute Gasteiger partial charge is 0.193 e. The second kappa shape index (κ2) is 4.11. The van der Waals surface area contributed by atoms with Crippen LogP contribution < -0.4 is 5.32 Å². The highest BCUT2D eigenvalue weighted by molar-refractivity contribution is 7.15. The molecule has 1 N–H and O–H groups in total. The van der Waals surface area contributed by atoms with Gasteiger partial charge in [0, 0.05) is 36.8 Å². The lowest BCUT2D eigenvalue weighted by Gasteiger charge is -2.05. The second-order valence-corrected chi connectivity index (χ2v) is 4.56. The molecule has 0 saturated carbocycles. The molecule has 0 unspecified atom stereocenters. The van der Waals surface area contributed by atoms with E-state index in [0.29, 0.717) is 6.04 Å². The molecule has 14 heavy (non-hydrogen) atoms. The summed E-state index contributed by atoms with van der Waals surface area (Å²) < 4.78 is 2.08. The lowest BCUT2D eigenvalue weighted by Crippen LogP contribution is -2.24. The quantitative estimate of drug-likeness (QED) is 0.833. The minimum atomic E-state index is 0.554. The van der Waals surface area contributed by atoms with E-state index in [9.17, 15) is 0 Å². The van der Waals surface area contributed by atoms with E-state index in [0.717, 1.165) is 17.9 Å². The molecule has 2 aromatic rings. The van der Waals surface area contributed by atoms with Crippen LogP contribution in [0.1, 0.15) is 19.5 Å². The molecule has 76 valence electrons. The van der Waals surface area contributed by atoms with Crippen molar-refractivity contribution in [1.82, 2.24) is 14.7 Å². The van der Waals surface area contributed by atoms with Crippen LogP contribution in [0.2, 0.25) is 0 Å². The molecule has 0 aliphatic heterocycles. The number of imidazole rings is 1. The van der Waals surface area contributed by atoms with Crippen molar-refractivity contribution in [3.63, 3.8) is 0 Å². The van der Waals surface area contributed by atoms with Crippen LogP contribution in [-0.2, 0) is 6.42 Å². The van der Waals surface area contributed by atoms with Crippen LogP contribution in [0.25, 0.3) is 4.96 Å². The Morgan fingerprint density at radius 3 is 3.14 bits per heavy atom. The lowest BCUT2D eigenvalue weighted by atomic mass is 10.3. The zero-order chi connectivity index (χ0) is 9.97. The van der Waals surface area contributed by atoms with E-state index < -0.39 is 0 Å². The van der Waals surface area contributed by atoms with Crippen LogP contribution in [0.15, 0.2) is 17.8 Å². The Hall–Kier alpha value is -0.870. The molecule has 2 rings (SSSR count). The first-order valence-electron chi connectivity index (χ1n) is 4.90. The molecular formula is C10H15N3S. The van der Waals surface area contributed by atoms with Crippen molar-refractivity contribution < 1.29 is 0 Å². The number of rotatable bonds is 4. The molecule has 3 nitrogen and oxygen atoms in total. The van der Waals surface area contributed by atoms with Gasteiger partial charge >= 0.3 is 0 Å². The first kappa shape index (κ1) is 9.68. The van der Waals surface area contributed by atoms with Crippen molar-refractivity contribution in [1.29, 1.82) is 0 Å². The standard InChI is InChI=1S/C10H15N3S/c1-8(2)11-4-3-9-7-13-5-6-14-10(13)12-9/h5-8,11H,3-4H2,1-2H3. The van der Waals surface area contributed by atoms with Gasteiger partial charge < -0.3 is 5.32 Å². The van der Waals surface area contributed by atoms with Crippen LogP contribution in [0, 0.1) is 0 Å². The van der Waals surface area contributed by atoms with Gasteiger partial charge in [-0.05, 0) is 0 Å². The Morgan fingerprint density at radius 1 is 1.57 bits per heavy atom. The molecule has 2 heterocycles. The maximum Gasteiger partial charge on any atom is 0.193 e. The summed E-state index contributed by atoms with van der Waals surface area (Å²) in [4.78, 5) is 5.60. The van der Waals surface area contributed by atoms with Crippen LogP contribution in [0.5, 0.6) is 0 Å². The Labute approximate surface area is 87.8 Å². The van der Waals surface area contributed by atoms with Crippen LogP contribution in [-0.4, -0.2) is 22.0 Å². The highest BCUT2D eigenvalue weighted by Gasteiger charge is 2.01. The zero-order valence-corrected chi connectivity index (χ0v) is 9.34. The average Bonchev–Trinajstić information content (AvgIpc) is 2.62. The summed E-state index contributed by atoms with van der Waals surface area (Å²) in [5.74, 6) is 0. The van der Waals surface area contributed by atoms with Gasteiger partial charge in [-0.25, -0.2) is 4.98 Å². The SMILES string of the molecule is CC(C)NCCc1cn2ccsc2n1. The number of nitrogens with zero attached hydrogens (tertiary/aromatic N) is 2. The van der Waals surface area contributed by atoms with Gasteiger partial charge in [-0.15, -0.1) is 11.3 Å². The highest BCUT2D eigenvalue weighted by Crippen LogP contribution is 2.11. The van der Waals surface area contributed by atoms with Gasteiger partial charge in [0.15, 0.2) is 4.96 Å². The Balaban J connectivity index is 1.95. The van der Waals surface area contributed by atoms with Gasteiger partial charge in [0.1, 0.15) is 0 Å². The summed E-state index contributed by atoms with van der Waals surface area (Å²) in [6.07, 6.45) is 5.16. The summed E-state index contributed by atoms with van der Waals surface area (Å²) in [5.41, 5.74) is 1.17. The highest BCUT2D eigenvalue weighted by atomic mass is 32.1. The average molecular weight is 209 g/mol. The summed E-state index contributed by atoms with van der Waals surface area (Å²) in [6, 6.07) is 0.554. The van der Waals surface area contributed by atoms with Crippen molar-refractivity contribution >= 4 is 16.3 Å². The Bertz CT molecular complexity index is 374. The zero-order valence-electron chi connectivity index (χ0n) is 8.53. The van der Waals surface area contributed by atoms with Crippen molar-refractivity contribution in [3.8, 4) is 0 Å². The minimum absolute atomic E-state index is 0.554. The number of aromatic nitrogens is 2. The largest absolute Gasteiger partial charge is 0.314 e. The molecule has 0 bridgehead atoms. The van der Waals surface area contributed by atoms with E-state index in [1.807, 2.05) is 6.20 Å². The fourth-order valence-electron chi connectivity index (χ4n) is 1.39. The van der Waals surface area contributed by atoms with Crippen LogP contribution >= 0.6 is 11.3 Å². The van der Waals surface area contributed by atoms with Gasteiger partial charge in [-0.1, -0.05) is 13.8 Å². The predicted octanol–water partition coefficient (Wildman–Crippen LogP) is 1.94. The molecule has 0 atom stereocenters. The molecule has 0 amide bonds. The van der Waals surface area contributed by atoms with Gasteiger partial charge in [-0.3, -0.25) is 4.40 Å². The minimum Gasteiger partial charge on any atom is -0.314 e. The number of hydrogen-bond acceptors (Lipinski definition) is 3. The number of hydrogen-bond donors (Lipinski definition) is 1. The Morgan fingerprint density at radius 2 is 2.43 bits per heavy atom. The normalized spacial score (nSPS) is 11.6. The third-order valence-corrected chi connectivity index (χ3v) is 2.85. The third kappa shape index (κ3) is 2.13. The second-order valence-electron chi connectivity index (χ2n) is 3.68. The van der Waals surface area contributed by atoms with Crippen molar-refractivity contribution in [3.05, 3.63) is 23.5 Å². The van der Waals surface area contributed by atoms with E-state index in [-0.39, 0.29) is 0 Å². The molecule has 0 aliphatic rings. The fraction of sp³-hybridized carbons (Fsp3) is 0.500. The molecular weight excluding hydrogens is 194 g/mol. The molecule has 0 aromatic carbocycles.